The minimum atomic E-state index is 0.588. The lowest BCUT2D eigenvalue weighted by atomic mass is 10.2. The Labute approximate surface area is 107 Å². The molecule has 90 valence electrons. The number of hydrogen-bond acceptors (Lipinski definition) is 3. The van der Waals surface area contributed by atoms with E-state index >= 15 is 0 Å². The van der Waals surface area contributed by atoms with Gasteiger partial charge in [-0.05, 0) is 24.1 Å². The average molecular weight is 260 g/mol. The third-order valence-electron chi connectivity index (χ3n) is 1.89. The van der Waals surface area contributed by atoms with Gasteiger partial charge in [0.15, 0.2) is 0 Å². The van der Waals surface area contributed by atoms with Crippen LogP contribution in [0.5, 0.6) is 0 Å². The van der Waals surface area contributed by atoms with Crippen LogP contribution in [0, 0.1) is 5.92 Å². The highest BCUT2D eigenvalue weighted by molar-refractivity contribution is 7.99. The lowest BCUT2D eigenvalue weighted by Gasteiger charge is -2.07. The number of benzene rings is 1. The third-order valence-corrected chi connectivity index (χ3v) is 3.35. The van der Waals surface area contributed by atoms with Crippen LogP contribution in [-0.2, 0) is 4.74 Å². The number of hydrogen-bond donors (Lipinski definition) is 1. The number of nitrogen functional groups attached to an aromatic ring is 1. The predicted octanol–water partition coefficient (Wildman–Crippen LogP) is 3.69. The van der Waals surface area contributed by atoms with E-state index in [-0.39, 0.29) is 0 Å². The fraction of sp³-hybridized carbons (Fsp3) is 0.500. The second-order valence-electron chi connectivity index (χ2n) is 4.01. The van der Waals surface area contributed by atoms with E-state index in [2.05, 4.69) is 13.8 Å². The Morgan fingerprint density at radius 2 is 2.19 bits per heavy atom. The van der Waals surface area contributed by atoms with Gasteiger partial charge in [-0.2, -0.15) is 0 Å². The SMILES string of the molecule is CC(C)COCCSc1ccc(N)cc1Cl. The zero-order chi connectivity index (χ0) is 12.0. The number of halogens is 1. The molecule has 0 aromatic heterocycles. The molecule has 0 aliphatic heterocycles. The smallest absolute Gasteiger partial charge is 0.0562 e. The largest absolute Gasteiger partial charge is 0.399 e. The van der Waals surface area contributed by atoms with Crippen LogP contribution in [0.4, 0.5) is 5.69 Å². The summed E-state index contributed by atoms with van der Waals surface area (Å²) in [6, 6.07) is 5.59. The van der Waals surface area contributed by atoms with E-state index in [4.69, 9.17) is 22.1 Å². The Morgan fingerprint density at radius 1 is 1.44 bits per heavy atom. The summed E-state index contributed by atoms with van der Waals surface area (Å²) in [5.74, 6) is 1.50. The first-order valence-electron chi connectivity index (χ1n) is 5.35. The minimum absolute atomic E-state index is 0.588. The number of anilines is 1. The van der Waals surface area contributed by atoms with E-state index in [1.54, 1.807) is 17.8 Å². The monoisotopic (exact) mass is 259 g/mol. The van der Waals surface area contributed by atoms with E-state index in [0.717, 1.165) is 23.9 Å². The van der Waals surface area contributed by atoms with Gasteiger partial charge in [0, 0.05) is 22.9 Å². The molecule has 0 fully saturated rings. The molecule has 0 heterocycles. The zero-order valence-electron chi connectivity index (χ0n) is 9.70. The zero-order valence-corrected chi connectivity index (χ0v) is 11.3. The van der Waals surface area contributed by atoms with Crippen molar-refractivity contribution in [2.24, 2.45) is 5.92 Å². The maximum absolute atomic E-state index is 6.05. The molecule has 16 heavy (non-hydrogen) atoms. The van der Waals surface area contributed by atoms with Crippen molar-refractivity contribution in [2.75, 3.05) is 24.7 Å². The van der Waals surface area contributed by atoms with Crippen LogP contribution < -0.4 is 5.73 Å². The third kappa shape index (κ3) is 5.10. The maximum atomic E-state index is 6.05. The quantitative estimate of drug-likeness (QED) is 0.481. The normalized spacial score (nSPS) is 11.0. The fourth-order valence-electron chi connectivity index (χ4n) is 1.16. The topological polar surface area (TPSA) is 35.2 Å². The second kappa shape index (κ2) is 7.05. The van der Waals surface area contributed by atoms with E-state index < -0.39 is 0 Å². The molecule has 1 rings (SSSR count). The Morgan fingerprint density at radius 3 is 2.81 bits per heavy atom. The molecule has 0 saturated carbocycles. The van der Waals surface area contributed by atoms with Gasteiger partial charge in [0.1, 0.15) is 0 Å². The molecule has 0 aliphatic carbocycles. The van der Waals surface area contributed by atoms with Crippen molar-refractivity contribution in [3.05, 3.63) is 23.2 Å². The van der Waals surface area contributed by atoms with Crippen LogP contribution >= 0.6 is 23.4 Å². The summed E-state index contributed by atoms with van der Waals surface area (Å²) in [7, 11) is 0. The van der Waals surface area contributed by atoms with Crippen molar-refractivity contribution in [3.8, 4) is 0 Å². The maximum Gasteiger partial charge on any atom is 0.0562 e. The van der Waals surface area contributed by atoms with E-state index in [1.165, 1.54) is 0 Å². The van der Waals surface area contributed by atoms with Crippen LogP contribution in [0.2, 0.25) is 5.02 Å². The number of ether oxygens (including phenoxy) is 1. The first-order chi connectivity index (χ1) is 7.59. The summed E-state index contributed by atoms with van der Waals surface area (Å²) < 4.78 is 5.49. The summed E-state index contributed by atoms with van der Waals surface area (Å²) in [6.07, 6.45) is 0. The van der Waals surface area contributed by atoms with Crippen molar-refractivity contribution in [1.82, 2.24) is 0 Å². The van der Waals surface area contributed by atoms with Gasteiger partial charge < -0.3 is 10.5 Å². The van der Waals surface area contributed by atoms with E-state index in [0.29, 0.717) is 16.6 Å². The van der Waals surface area contributed by atoms with Gasteiger partial charge in [0.25, 0.3) is 0 Å². The minimum Gasteiger partial charge on any atom is -0.399 e. The molecule has 0 atom stereocenters. The standard InChI is InChI=1S/C12H18ClNOS/c1-9(2)8-15-5-6-16-12-4-3-10(14)7-11(12)13/h3-4,7,9H,5-6,8,14H2,1-2H3. The summed E-state index contributed by atoms with van der Waals surface area (Å²) in [5, 5.41) is 0.717. The molecule has 0 spiro atoms. The summed E-state index contributed by atoms with van der Waals surface area (Å²) in [4.78, 5) is 1.06. The molecular weight excluding hydrogens is 242 g/mol. The highest BCUT2D eigenvalue weighted by Crippen LogP contribution is 2.28. The second-order valence-corrected chi connectivity index (χ2v) is 5.55. The molecule has 1 aromatic carbocycles. The molecule has 4 heteroatoms. The first-order valence-corrected chi connectivity index (χ1v) is 6.71. The van der Waals surface area contributed by atoms with Crippen LogP contribution in [0.1, 0.15) is 13.8 Å². The molecule has 2 N–H and O–H groups in total. The fourth-order valence-corrected chi connectivity index (χ4v) is 2.30. The van der Waals surface area contributed by atoms with E-state index in [1.807, 2.05) is 12.1 Å². The Bertz CT molecular complexity index is 331. The molecule has 0 amide bonds. The van der Waals surface area contributed by atoms with Crippen molar-refractivity contribution >= 4 is 29.1 Å². The van der Waals surface area contributed by atoms with Crippen LogP contribution in [0.3, 0.4) is 0 Å². The number of nitrogens with two attached hydrogens (primary N) is 1. The molecule has 0 unspecified atom stereocenters. The highest BCUT2D eigenvalue weighted by atomic mass is 35.5. The molecule has 0 aliphatic rings. The summed E-state index contributed by atoms with van der Waals surface area (Å²) >= 11 is 7.75. The van der Waals surface area contributed by atoms with Gasteiger partial charge in [0.2, 0.25) is 0 Å². The summed E-state index contributed by atoms with van der Waals surface area (Å²) in [6.45, 7) is 5.85. The van der Waals surface area contributed by atoms with Crippen LogP contribution in [0.15, 0.2) is 23.1 Å². The molecule has 0 saturated heterocycles. The van der Waals surface area contributed by atoms with Gasteiger partial charge in [-0.3, -0.25) is 0 Å². The number of rotatable bonds is 6. The van der Waals surface area contributed by atoms with Crippen LogP contribution in [-0.4, -0.2) is 19.0 Å². The molecular formula is C12H18ClNOS. The first kappa shape index (κ1) is 13.7. The van der Waals surface area contributed by atoms with E-state index in [9.17, 15) is 0 Å². The molecule has 0 radical (unpaired) electrons. The van der Waals surface area contributed by atoms with Gasteiger partial charge in [0.05, 0.1) is 11.6 Å². The van der Waals surface area contributed by atoms with Crippen molar-refractivity contribution in [3.63, 3.8) is 0 Å². The number of thioether (sulfide) groups is 1. The van der Waals surface area contributed by atoms with Gasteiger partial charge in [-0.15, -0.1) is 11.8 Å². The Hall–Kier alpha value is -0.380. The van der Waals surface area contributed by atoms with Crippen molar-refractivity contribution in [1.29, 1.82) is 0 Å². The van der Waals surface area contributed by atoms with Crippen LogP contribution in [0.25, 0.3) is 0 Å². The lowest BCUT2D eigenvalue weighted by Crippen LogP contribution is -2.04. The van der Waals surface area contributed by atoms with Gasteiger partial charge in [-0.25, -0.2) is 0 Å². The highest BCUT2D eigenvalue weighted by Gasteiger charge is 2.01. The molecule has 1 aromatic rings. The molecule has 2 nitrogen and oxygen atoms in total. The molecule has 0 bridgehead atoms. The van der Waals surface area contributed by atoms with Crippen molar-refractivity contribution < 1.29 is 4.74 Å². The summed E-state index contributed by atoms with van der Waals surface area (Å²) in [5.41, 5.74) is 6.32. The average Bonchev–Trinajstić information content (AvgIpc) is 2.20. The van der Waals surface area contributed by atoms with Gasteiger partial charge >= 0.3 is 0 Å². The lowest BCUT2D eigenvalue weighted by molar-refractivity contribution is 0.124. The Balaban J connectivity index is 2.27. The predicted molar refractivity (Wildman–Crippen MR) is 72.2 cm³/mol. The van der Waals surface area contributed by atoms with Crippen molar-refractivity contribution in [2.45, 2.75) is 18.7 Å². The Kier molecular flexibility index (Phi) is 6.03. The van der Waals surface area contributed by atoms with Gasteiger partial charge in [-0.1, -0.05) is 25.4 Å².